The quantitative estimate of drug-likeness (QED) is 0.301. The number of sulfonamides is 1. The van der Waals surface area contributed by atoms with E-state index in [1.54, 1.807) is 24.3 Å². The molecule has 0 bridgehead atoms. The smallest absolute Gasteiger partial charge is 0.244 e. The van der Waals surface area contributed by atoms with Gasteiger partial charge in [0.1, 0.15) is 12.6 Å². The second-order valence-corrected chi connectivity index (χ2v) is 13.6. The molecule has 3 rings (SSSR count). The predicted octanol–water partition coefficient (Wildman–Crippen LogP) is 5.97. The summed E-state index contributed by atoms with van der Waals surface area (Å²) in [6, 6.07) is 19.6. The van der Waals surface area contributed by atoms with Gasteiger partial charge in [-0.25, -0.2) is 8.42 Å². The Labute approximate surface area is 251 Å². The largest absolute Gasteiger partial charge is 0.350 e. The number of amides is 2. The minimum atomic E-state index is -3.95. The average Bonchev–Trinajstić information content (AvgIpc) is 2.85. The zero-order valence-electron chi connectivity index (χ0n) is 22.7. The van der Waals surface area contributed by atoms with Crippen LogP contribution < -0.4 is 9.62 Å². The summed E-state index contributed by atoms with van der Waals surface area (Å²) >= 11 is 18.4. The van der Waals surface area contributed by atoms with E-state index in [0.717, 1.165) is 21.7 Å². The Morgan fingerprint density at radius 2 is 1.48 bits per heavy atom. The molecule has 0 radical (unpaired) electrons. The Bertz CT molecular complexity index is 1440. The van der Waals surface area contributed by atoms with Gasteiger partial charge in [-0.15, -0.1) is 0 Å². The molecule has 3 aromatic carbocycles. The van der Waals surface area contributed by atoms with Gasteiger partial charge >= 0.3 is 0 Å². The number of carbonyl (C=O) groups is 2. The van der Waals surface area contributed by atoms with Crippen molar-refractivity contribution < 1.29 is 18.0 Å². The molecule has 1 N–H and O–H groups in total. The van der Waals surface area contributed by atoms with Crippen molar-refractivity contribution in [2.75, 3.05) is 17.1 Å². The molecule has 0 aromatic heterocycles. The van der Waals surface area contributed by atoms with Crippen LogP contribution in [0.4, 0.5) is 5.69 Å². The molecular weight excluding hydrogens is 593 g/mol. The molecule has 0 fully saturated rings. The van der Waals surface area contributed by atoms with Crippen molar-refractivity contribution >= 4 is 62.3 Å². The van der Waals surface area contributed by atoms with Gasteiger partial charge < -0.3 is 10.2 Å². The van der Waals surface area contributed by atoms with Crippen LogP contribution in [0.2, 0.25) is 15.1 Å². The molecule has 0 saturated carbocycles. The normalized spacial score (nSPS) is 12.5. The Hall–Kier alpha value is -2.78. The summed E-state index contributed by atoms with van der Waals surface area (Å²) in [6.45, 7) is 5.01. The SMILES string of the molecule is CC(C)(C)NC(=O)C(Cc1ccccc1)N(Cc1ccc(Cl)cc1)C(=O)CN(c1ccc(Cl)cc1Cl)S(C)(=O)=O. The highest BCUT2D eigenvalue weighted by Gasteiger charge is 2.34. The molecule has 0 aliphatic rings. The fraction of sp³-hybridized carbons (Fsp3) is 0.310. The Kier molecular flexibility index (Phi) is 10.5. The second-order valence-electron chi connectivity index (χ2n) is 10.5. The Balaban J connectivity index is 2.09. The summed E-state index contributed by atoms with van der Waals surface area (Å²) in [4.78, 5) is 29.2. The fourth-order valence-electron chi connectivity index (χ4n) is 4.07. The Morgan fingerprint density at radius 3 is 2.02 bits per heavy atom. The number of nitrogens with zero attached hydrogens (tertiary/aromatic N) is 2. The van der Waals surface area contributed by atoms with Crippen molar-refractivity contribution in [3.05, 3.63) is 99.0 Å². The van der Waals surface area contributed by atoms with Crippen LogP contribution in [0, 0.1) is 0 Å². The molecule has 1 atom stereocenters. The van der Waals surface area contributed by atoms with E-state index in [9.17, 15) is 18.0 Å². The van der Waals surface area contributed by atoms with Crippen LogP contribution in [0.25, 0.3) is 0 Å². The van der Waals surface area contributed by atoms with E-state index in [0.29, 0.717) is 10.0 Å². The molecule has 0 heterocycles. The van der Waals surface area contributed by atoms with Gasteiger partial charge in [-0.2, -0.15) is 0 Å². The molecule has 0 aliphatic carbocycles. The fourth-order valence-corrected chi connectivity index (χ4v) is 5.62. The maximum atomic E-state index is 14.1. The summed E-state index contributed by atoms with van der Waals surface area (Å²) in [5, 5.41) is 3.89. The van der Waals surface area contributed by atoms with Gasteiger partial charge in [-0.3, -0.25) is 13.9 Å². The van der Waals surface area contributed by atoms with Crippen LogP contribution in [0.5, 0.6) is 0 Å². The first-order valence-corrected chi connectivity index (χ1v) is 15.4. The van der Waals surface area contributed by atoms with Crippen LogP contribution in [-0.4, -0.2) is 49.5 Å². The van der Waals surface area contributed by atoms with Crippen molar-refractivity contribution in [3.63, 3.8) is 0 Å². The summed E-state index contributed by atoms with van der Waals surface area (Å²) in [5.41, 5.74) is 1.09. The summed E-state index contributed by atoms with van der Waals surface area (Å²) in [5.74, 6) is -0.953. The highest BCUT2D eigenvalue weighted by atomic mass is 35.5. The van der Waals surface area contributed by atoms with E-state index in [2.05, 4.69) is 5.32 Å². The van der Waals surface area contributed by atoms with Crippen LogP contribution >= 0.6 is 34.8 Å². The van der Waals surface area contributed by atoms with Crippen molar-refractivity contribution in [1.82, 2.24) is 10.2 Å². The maximum Gasteiger partial charge on any atom is 0.244 e. The summed E-state index contributed by atoms with van der Waals surface area (Å²) < 4.78 is 26.7. The third-order valence-electron chi connectivity index (χ3n) is 5.89. The van der Waals surface area contributed by atoms with Crippen LogP contribution in [-0.2, 0) is 32.6 Å². The van der Waals surface area contributed by atoms with E-state index < -0.39 is 34.1 Å². The van der Waals surface area contributed by atoms with E-state index in [1.807, 2.05) is 51.1 Å². The van der Waals surface area contributed by atoms with Gasteiger partial charge in [0.05, 0.1) is 17.0 Å². The minimum absolute atomic E-state index is 0.0387. The van der Waals surface area contributed by atoms with Crippen LogP contribution in [0.3, 0.4) is 0 Å². The first-order chi connectivity index (χ1) is 18.6. The summed E-state index contributed by atoms with van der Waals surface area (Å²) in [6.07, 6.45) is 1.20. The van der Waals surface area contributed by atoms with Gasteiger partial charge in [0, 0.05) is 28.5 Å². The molecule has 214 valence electrons. The van der Waals surface area contributed by atoms with Crippen LogP contribution in [0.15, 0.2) is 72.8 Å². The van der Waals surface area contributed by atoms with Crippen molar-refractivity contribution in [2.45, 2.75) is 45.3 Å². The predicted molar refractivity (Wildman–Crippen MR) is 162 cm³/mol. The first-order valence-electron chi connectivity index (χ1n) is 12.5. The molecule has 2 amide bonds. The molecule has 11 heteroatoms. The van der Waals surface area contributed by atoms with E-state index in [-0.39, 0.29) is 29.6 Å². The second kappa shape index (κ2) is 13.3. The standard InChI is InChI=1S/C29H32Cl3N3O4S/c1-29(2,3)33-28(37)26(16-20-8-6-5-7-9-20)34(18-21-10-12-22(30)13-11-21)27(36)19-35(40(4,38)39)25-15-14-23(31)17-24(25)32/h5-15,17,26H,16,18-19H2,1-4H3,(H,33,37). The third-order valence-corrected chi connectivity index (χ3v) is 7.81. The summed E-state index contributed by atoms with van der Waals surface area (Å²) in [7, 11) is -3.95. The number of nitrogens with one attached hydrogen (secondary N) is 1. The zero-order valence-corrected chi connectivity index (χ0v) is 25.8. The van der Waals surface area contributed by atoms with Crippen molar-refractivity contribution in [3.8, 4) is 0 Å². The van der Waals surface area contributed by atoms with E-state index >= 15 is 0 Å². The lowest BCUT2D eigenvalue weighted by Gasteiger charge is -2.35. The lowest BCUT2D eigenvalue weighted by atomic mass is 10.0. The molecule has 0 spiro atoms. The molecule has 0 aliphatic heterocycles. The molecular formula is C29H32Cl3N3O4S. The van der Waals surface area contributed by atoms with E-state index in [1.165, 1.54) is 23.1 Å². The Morgan fingerprint density at radius 1 is 0.875 bits per heavy atom. The molecule has 1 unspecified atom stereocenters. The number of rotatable bonds is 10. The molecule has 40 heavy (non-hydrogen) atoms. The molecule has 0 saturated heterocycles. The topological polar surface area (TPSA) is 86.8 Å². The zero-order chi connectivity index (χ0) is 29.7. The van der Waals surface area contributed by atoms with Gasteiger partial charge in [-0.1, -0.05) is 77.3 Å². The highest BCUT2D eigenvalue weighted by Crippen LogP contribution is 2.31. The molecule has 3 aromatic rings. The number of benzene rings is 3. The van der Waals surface area contributed by atoms with E-state index in [4.69, 9.17) is 34.8 Å². The lowest BCUT2D eigenvalue weighted by Crippen LogP contribution is -2.56. The number of carbonyl (C=O) groups excluding carboxylic acids is 2. The van der Waals surface area contributed by atoms with Gasteiger partial charge in [0.15, 0.2) is 0 Å². The van der Waals surface area contributed by atoms with Gasteiger partial charge in [-0.05, 0) is 62.2 Å². The number of hydrogen-bond donors (Lipinski definition) is 1. The third kappa shape index (κ3) is 9.13. The van der Waals surface area contributed by atoms with Crippen LogP contribution in [0.1, 0.15) is 31.9 Å². The van der Waals surface area contributed by atoms with Crippen molar-refractivity contribution in [2.24, 2.45) is 0 Å². The average molecular weight is 625 g/mol. The number of halogens is 3. The number of anilines is 1. The van der Waals surface area contributed by atoms with Gasteiger partial charge in [0.25, 0.3) is 0 Å². The monoisotopic (exact) mass is 623 g/mol. The highest BCUT2D eigenvalue weighted by molar-refractivity contribution is 7.92. The number of hydrogen-bond acceptors (Lipinski definition) is 4. The molecule has 7 nitrogen and oxygen atoms in total. The minimum Gasteiger partial charge on any atom is -0.350 e. The van der Waals surface area contributed by atoms with Gasteiger partial charge in [0.2, 0.25) is 21.8 Å². The van der Waals surface area contributed by atoms with Crippen molar-refractivity contribution in [1.29, 1.82) is 0 Å². The lowest BCUT2D eigenvalue weighted by molar-refractivity contribution is -0.140. The first kappa shape index (κ1) is 31.7. The maximum absolute atomic E-state index is 14.1.